The molecular formula is C13H19NO. The summed E-state index contributed by atoms with van der Waals surface area (Å²) in [6.07, 6.45) is 1.56. The first kappa shape index (κ1) is 11.8. The van der Waals surface area contributed by atoms with Gasteiger partial charge in [0.05, 0.1) is 0 Å². The SMILES string of the molecule is CCCNC(=O)CC(C)c1ccccc1. The first-order valence-electron chi connectivity index (χ1n) is 5.55. The summed E-state index contributed by atoms with van der Waals surface area (Å²) >= 11 is 0. The maximum Gasteiger partial charge on any atom is 0.220 e. The lowest BCUT2D eigenvalue weighted by Crippen LogP contribution is -2.25. The average molecular weight is 205 g/mol. The summed E-state index contributed by atoms with van der Waals surface area (Å²) in [5.74, 6) is 0.441. The smallest absolute Gasteiger partial charge is 0.220 e. The van der Waals surface area contributed by atoms with Crippen LogP contribution in [0.2, 0.25) is 0 Å². The third-order valence-electron chi connectivity index (χ3n) is 2.43. The third-order valence-corrected chi connectivity index (χ3v) is 2.43. The van der Waals surface area contributed by atoms with Crippen LogP contribution >= 0.6 is 0 Å². The molecule has 0 saturated carbocycles. The van der Waals surface area contributed by atoms with Crippen molar-refractivity contribution in [2.45, 2.75) is 32.6 Å². The fraction of sp³-hybridized carbons (Fsp3) is 0.462. The summed E-state index contributed by atoms with van der Waals surface area (Å²) in [6.45, 7) is 4.92. The van der Waals surface area contributed by atoms with E-state index in [2.05, 4.69) is 31.3 Å². The molecule has 0 aliphatic carbocycles. The van der Waals surface area contributed by atoms with Crippen LogP contribution < -0.4 is 5.32 Å². The van der Waals surface area contributed by atoms with Crippen molar-refractivity contribution in [1.29, 1.82) is 0 Å². The van der Waals surface area contributed by atoms with E-state index in [4.69, 9.17) is 0 Å². The van der Waals surface area contributed by atoms with Crippen LogP contribution in [-0.2, 0) is 4.79 Å². The van der Waals surface area contributed by atoms with Crippen LogP contribution in [0.25, 0.3) is 0 Å². The number of hydrogen-bond acceptors (Lipinski definition) is 1. The van der Waals surface area contributed by atoms with E-state index >= 15 is 0 Å². The van der Waals surface area contributed by atoms with Crippen molar-refractivity contribution in [3.8, 4) is 0 Å². The highest BCUT2D eigenvalue weighted by Crippen LogP contribution is 2.17. The topological polar surface area (TPSA) is 29.1 Å². The number of nitrogens with one attached hydrogen (secondary N) is 1. The van der Waals surface area contributed by atoms with Gasteiger partial charge >= 0.3 is 0 Å². The van der Waals surface area contributed by atoms with Gasteiger partial charge in [-0.3, -0.25) is 4.79 Å². The van der Waals surface area contributed by atoms with Gasteiger partial charge in [0.15, 0.2) is 0 Å². The molecule has 82 valence electrons. The molecule has 0 aliphatic heterocycles. The van der Waals surface area contributed by atoms with Gasteiger partial charge in [0.1, 0.15) is 0 Å². The second-order valence-electron chi connectivity index (χ2n) is 3.87. The lowest BCUT2D eigenvalue weighted by molar-refractivity contribution is -0.121. The summed E-state index contributed by atoms with van der Waals surface area (Å²) in [6, 6.07) is 10.1. The molecule has 0 heterocycles. The van der Waals surface area contributed by atoms with Crippen LogP contribution in [-0.4, -0.2) is 12.5 Å². The lowest BCUT2D eigenvalue weighted by atomic mass is 9.98. The molecule has 1 amide bonds. The number of hydrogen-bond donors (Lipinski definition) is 1. The van der Waals surface area contributed by atoms with E-state index in [0.717, 1.165) is 13.0 Å². The molecule has 0 bridgehead atoms. The number of carbonyl (C=O) groups is 1. The molecule has 1 unspecified atom stereocenters. The molecule has 0 saturated heterocycles. The predicted octanol–water partition coefficient (Wildman–Crippen LogP) is 2.71. The van der Waals surface area contributed by atoms with Crippen molar-refractivity contribution < 1.29 is 4.79 Å². The van der Waals surface area contributed by atoms with Crippen molar-refractivity contribution in [1.82, 2.24) is 5.32 Å². The zero-order valence-electron chi connectivity index (χ0n) is 9.49. The maximum absolute atomic E-state index is 11.5. The summed E-state index contributed by atoms with van der Waals surface area (Å²) in [4.78, 5) is 11.5. The molecule has 2 nitrogen and oxygen atoms in total. The molecule has 1 aromatic carbocycles. The zero-order valence-corrected chi connectivity index (χ0v) is 9.49. The van der Waals surface area contributed by atoms with Crippen molar-refractivity contribution in [2.24, 2.45) is 0 Å². The minimum absolute atomic E-state index is 0.146. The van der Waals surface area contributed by atoms with Gasteiger partial charge in [-0.15, -0.1) is 0 Å². The second-order valence-corrected chi connectivity index (χ2v) is 3.87. The van der Waals surface area contributed by atoms with Crippen LogP contribution in [0.5, 0.6) is 0 Å². The lowest BCUT2D eigenvalue weighted by Gasteiger charge is -2.11. The van der Waals surface area contributed by atoms with Gasteiger partial charge < -0.3 is 5.32 Å². The van der Waals surface area contributed by atoms with Gasteiger partial charge in [0, 0.05) is 13.0 Å². The summed E-state index contributed by atoms with van der Waals surface area (Å²) in [7, 11) is 0. The van der Waals surface area contributed by atoms with Crippen molar-refractivity contribution >= 4 is 5.91 Å². The van der Waals surface area contributed by atoms with E-state index in [0.29, 0.717) is 12.3 Å². The van der Waals surface area contributed by atoms with E-state index in [-0.39, 0.29) is 5.91 Å². The highest BCUT2D eigenvalue weighted by molar-refractivity contribution is 5.76. The van der Waals surface area contributed by atoms with Crippen molar-refractivity contribution in [2.75, 3.05) is 6.54 Å². The Morgan fingerprint density at radius 3 is 2.60 bits per heavy atom. The first-order chi connectivity index (χ1) is 7.24. The van der Waals surface area contributed by atoms with E-state index in [1.165, 1.54) is 5.56 Å². The Morgan fingerprint density at radius 1 is 1.33 bits per heavy atom. The Morgan fingerprint density at radius 2 is 2.00 bits per heavy atom. The monoisotopic (exact) mass is 205 g/mol. The normalized spacial score (nSPS) is 12.1. The molecule has 0 aromatic heterocycles. The number of carbonyl (C=O) groups excluding carboxylic acids is 1. The average Bonchev–Trinajstić information content (AvgIpc) is 2.27. The van der Waals surface area contributed by atoms with Crippen LogP contribution in [0.1, 0.15) is 38.2 Å². The maximum atomic E-state index is 11.5. The van der Waals surface area contributed by atoms with Gasteiger partial charge in [-0.1, -0.05) is 44.2 Å². The number of rotatable bonds is 5. The molecule has 0 aliphatic rings. The van der Waals surface area contributed by atoms with Crippen LogP contribution in [0, 0.1) is 0 Å². The fourth-order valence-corrected chi connectivity index (χ4v) is 1.51. The van der Waals surface area contributed by atoms with E-state index in [9.17, 15) is 4.79 Å². The fourth-order valence-electron chi connectivity index (χ4n) is 1.51. The highest BCUT2D eigenvalue weighted by Gasteiger charge is 2.09. The first-order valence-corrected chi connectivity index (χ1v) is 5.55. The Labute approximate surface area is 91.7 Å². The molecule has 1 atom stereocenters. The molecule has 15 heavy (non-hydrogen) atoms. The quantitative estimate of drug-likeness (QED) is 0.786. The summed E-state index contributed by atoms with van der Waals surface area (Å²) < 4.78 is 0. The standard InChI is InChI=1S/C13H19NO/c1-3-9-14-13(15)10-11(2)12-7-5-4-6-8-12/h4-8,11H,3,9-10H2,1-2H3,(H,14,15). The number of amides is 1. The molecule has 1 N–H and O–H groups in total. The predicted molar refractivity (Wildman–Crippen MR) is 62.8 cm³/mol. The molecule has 2 heteroatoms. The van der Waals surface area contributed by atoms with Gasteiger partial charge in [-0.25, -0.2) is 0 Å². The Balaban J connectivity index is 2.42. The Hall–Kier alpha value is -1.31. The summed E-state index contributed by atoms with van der Waals surface area (Å²) in [5.41, 5.74) is 1.23. The van der Waals surface area contributed by atoms with Crippen LogP contribution in [0.4, 0.5) is 0 Å². The van der Waals surface area contributed by atoms with Crippen molar-refractivity contribution in [3.05, 3.63) is 35.9 Å². The van der Waals surface area contributed by atoms with Crippen molar-refractivity contribution in [3.63, 3.8) is 0 Å². The van der Waals surface area contributed by atoms with E-state index in [1.54, 1.807) is 0 Å². The largest absolute Gasteiger partial charge is 0.356 e. The molecule has 0 radical (unpaired) electrons. The van der Waals surface area contributed by atoms with Gasteiger partial charge in [0.2, 0.25) is 5.91 Å². The minimum Gasteiger partial charge on any atom is -0.356 e. The van der Waals surface area contributed by atoms with Gasteiger partial charge in [-0.2, -0.15) is 0 Å². The Bertz CT molecular complexity index is 295. The molecule has 0 fully saturated rings. The second kappa shape index (κ2) is 6.23. The van der Waals surface area contributed by atoms with Gasteiger partial charge in [-0.05, 0) is 17.9 Å². The van der Waals surface area contributed by atoms with E-state index in [1.807, 2.05) is 18.2 Å². The van der Waals surface area contributed by atoms with Crippen LogP contribution in [0.15, 0.2) is 30.3 Å². The number of benzene rings is 1. The van der Waals surface area contributed by atoms with E-state index < -0.39 is 0 Å². The molecule has 0 spiro atoms. The molecular weight excluding hydrogens is 186 g/mol. The highest BCUT2D eigenvalue weighted by atomic mass is 16.1. The molecule has 1 rings (SSSR count). The van der Waals surface area contributed by atoms with Gasteiger partial charge in [0.25, 0.3) is 0 Å². The van der Waals surface area contributed by atoms with Crippen LogP contribution in [0.3, 0.4) is 0 Å². The Kier molecular flexibility index (Phi) is 4.88. The summed E-state index contributed by atoms with van der Waals surface area (Å²) in [5, 5.41) is 2.89. The minimum atomic E-state index is 0.146. The zero-order chi connectivity index (χ0) is 11.1. The third kappa shape index (κ3) is 4.15. The molecule has 1 aromatic rings.